The van der Waals surface area contributed by atoms with Crippen molar-refractivity contribution >= 4 is 29.3 Å². The third-order valence-electron chi connectivity index (χ3n) is 2.37. The highest BCUT2D eigenvalue weighted by molar-refractivity contribution is 6.42. The second-order valence-corrected chi connectivity index (χ2v) is 4.62. The molecule has 0 spiro atoms. The van der Waals surface area contributed by atoms with Crippen LogP contribution >= 0.6 is 23.2 Å². The van der Waals surface area contributed by atoms with Crippen molar-refractivity contribution in [3.8, 4) is 0 Å². The molecule has 7 heteroatoms. The van der Waals surface area contributed by atoms with Gasteiger partial charge in [0.15, 0.2) is 0 Å². The number of amides is 1. The van der Waals surface area contributed by atoms with Gasteiger partial charge in [-0.3, -0.25) is 0 Å². The molecule has 0 aromatic heterocycles. The van der Waals surface area contributed by atoms with Gasteiger partial charge in [-0.2, -0.15) is 0 Å². The summed E-state index contributed by atoms with van der Waals surface area (Å²) in [5.41, 5.74) is 5.71. The lowest BCUT2D eigenvalue weighted by Gasteiger charge is -2.24. The molecule has 0 aliphatic rings. The van der Waals surface area contributed by atoms with E-state index in [1.807, 2.05) is 0 Å². The topological polar surface area (TPSA) is 70.8 Å². The Hall–Kier alpha value is -1.01. The van der Waals surface area contributed by atoms with Crippen LogP contribution in [0.2, 0.25) is 10.0 Å². The quantitative estimate of drug-likeness (QED) is 0.820. The van der Waals surface area contributed by atoms with E-state index in [2.05, 4.69) is 0 Å². The van der Waals surface area contributed by atoms with Crippen LogP contribution in [0.15, 0.2) is 18.2 Å². The lowest BCUT2D eigenvalue weighted by atomic mass is 10.1. The number of primary amides is 1. The van der Waals surface area contributed by atoms with E-state index in [0.717, 1.165) is 0 Å². The molecule has 0 unspecified atom stereocenters. The van der Waals surface area contributed by atoms with Crippen molar-refractivity contribution in [1.29, 1.82) is 0 Å². The third-order valence-corrected chi connectivity index (χ3v) is 3.11. The summed E-state index contributed by atoms with van der Waals surface area (Å²) in [6.07, 6.45) is -2.02. The van der Waals surface area contributed by atoms with Crippen molar-refractivity contribution in [2.24, 2.45) is 5.73 Å². The number of methoxy groups -OCH3 is 1. The number of halogens is 2. The fourth-order valence-electron chi connectivity index (χ4n) is 1.58. The van der Waals surface area contributed by atoms with Crippen LogP contribution in [0.25, 0.3) is 0 Å². The molecular weight excluding hydrogens is 293 g/mol. The smallest absolute Gasteiger partial charge is 0.404 e. The molecular formula is C12H15Cl2NO4. The van der Waals surface area contributed by atoms with E-state index < -0.39 is 18.3 Å². The fraction of sp³-hybridized carbons (Fsp3) is 0.417. The molecule has 2 N–H and O–H groups in total. The van der Waals surface area contributed by atoms with Crippen LogP contribution in [0.1, 0.15) is 18.6 Å². The molecule has 19 heavy (non-hydrogen) atoms. The van der Waals surface area contributed by atoms with E-state index in [0.29, 0.717) is 15.6 Å². The van der Waals surface area contributed by atoms with Crippen molar-refractivity contribution < 1.29 is 19.0 Å². The molecule has 0 saturated carbocycles. The van der Waals surface area contributed by atoms with Gasteiger partial charge in [0.05, 0.1) is 10.0 Å². The van der Waals surface area contributed by atoms with E-state index in [1.54, 1.807) is 25.1 Å². The van der Waals surface area contributed by atoms with Crippen LogP contribution in [0, 0.1) is 0 Å². The lowest BCUT2D eigenvalue weighted by Crippen LogP contribution is -2.28. The van der Waals surface area contributed by atoms with Crippen molar-refractivity contribution in [2.75, 3.05) is 13.9 Å². The van der Waals surface area contributed by atoms with Gasteiger partial charge < -0.3 is 19.9 Å². The molecule has 0 fully saturated rings. The minimum atomic E-state index is -0.876. The Bertz CT molecular complexity index is 442. The average molecular weight is 308 g/mol. The minimum absolute atomic E-state index is 0.0391. The molecule has 0 radical (unpaired) electrons. The highest BCUT2D eigenvalue weighted by Gasteiger charge is 2.23. The van der Waals surface area contributed by atoms with Crippen LogP contribution in [-0.2, 0) is 14.2 Å². The van der Waals surface area contributed by atoms with Crippen molar-refractivity contribution in [2.45, 2.75) is 19.1 Å². The zero-order chi connectivity index (χ0) is 14.4. The number of carbonyl (C=O) groups is 1. The van der Waals surface area contributed by atoms with Crippen LogP contribution in [0.4, 0.5) is 4.79 Å². The summed E-state index contributed by atoms with van der Waals surface area (Å²) in [6.45, 7) is 1.70. The first-order valence-corrected chi connectivity index (χ1v) is 6.23. The molecule has 1 amide bonds. The minimum Gasteiger partial charge on any atom is -0.444 e. The van der Waals surface area contributed by atoms with Gasteiger partial charge in [-0.05, 0) is 24.6 Å². The van der Waals surface area contributed by atoms with Gasteiger partial charge in [-0.15, -0.1) is 0 Å². The highest BCUT2D eigenvalue weighted by Crippen LogP contribution is 2.29. The Morgan fingerprint density at radius 2 is 2.05 bits per heavy atom. The van der Waals surface area contributed by atoms with E-state index in [9.17, 15) is 4.79 Å². The maximum absolute atomic E-state index is 10.8. The Morgan fingerprint density at radius 1 is 1.37 bits per heavy atom. The van der Waals surface area contributed by atoms with E-state index in [-0.39, 0.29) is 6.79 Å². The Kier molecular flexibility index (Phi) is 6.37. The monoisotopic (exact) mass is 307 g/mol. The summed E-state index contributed by atoms with van der Waals surface area (Å²) in [4.78, 5) is 10.8. The lowest BCUT2D eigenvalue weighted by molar-refractivity contribution is -0.111. The summed E-state index contributed by atoms with van der Waals surface area (Å²) < 4.78 is 15.2. The van der Waals surface area contributed by atoms with Crippen molar-refractivity contribution in [3.63, 3.8) is 0 Å². The summed E-state index contributed by atoms with van der Waals surface area (Å²) in [5.74, 6) is 0. The van der Waals surface area contributed by atoms with Crippen molar-refractivity contribution in [1.82, 2.24) is 0 Å². The zero-order valence-corrected chi connectivity index (χ0v) is 12.1. The number of rotatable bonds is 6. The van der Waals surface area contributed by atoms with Gasteiger partial charge >= 0.3 is 6.09 Å². The first kappa shape index (κ1) is 16.0. The molecule has 0 bridgehead atoms. The Balaban J connectivity index is 2.94. The molecule has 0 aliphatic carbocycles. The molecule has 1 aromatic rings. The predicted octanol–water partition coefficient (Wildman–Crippen LogP) is 3.14. The van der Waals surface area contributed by atoms with E-state index in [4.69, 9.17) is 43.1 Å². The van der Waals surface area contributed by atoms with E-state index >= 15 is 0 Å². The number of carbonyl (C=O) groups excluding carboxylic acids is 1. The molecule has 106 valence electrons. The average Bonchev–Trinajstić information content (AvgIpc) is 2.33. The molecule has 0 saturated heterocycles. The van der Waals surface area contributed by atoms with Gasteiger partial charge in [0, 0.05) is 7.11 Å². The van der Waals surface area contributed by atoms with Crippen LogP contribution in [0.3, 0.4) is 0 Å². The molecule has 2 atom stereocenters. The molecule has 0 aliphatic heterocycles. The third kappa shape index (κ3) is 4.87. The van der Waals surface area contributed by atoms with Crippen molar-refractivity contribution in [3.05, 3.63) is 33.8 Å². The van der Waals surface area contributed by atoms with Gasteiger partial charge in [-0.1, -0.05) is 29.3 Å². The van der Waals surface area contributed by atoms with Gasteiger partial charge in [0.2, 0.25) is 0 Å². The summed E-state index contributed by atoms with van der Waals surface area (Å²) in [5, 5.41) is 0.816. The standard InChI is InChI=1S/C12H15Cl2NO4/c1-7(19-12(15)16)11(18-6-17-2)8-3-4-9(13)10(14)5-8/h3-5,7,11H,6H2,1-2H3,(H2,15,16)/t7-,11+/m0/s1. The Morgan fingerprint density at radius 3 is 2.58 bits per heavy atom. The van der Waals surface area contributed by atoms with Gasteiger partial charge in [0.25, 0.3) is 0 Å². The SMILES string of the molecule is COCO[C@@H](c1ccc(Cl)c(Cl)c1)[C@H](C)OC(N)=O. The van der Waals surface area contributed by atoms with E-state index in [1.165, 1.54) is 7.11 Å². The second kappa shape index (κ2) is 7.55. The molecule has 1 aromatic carbocycles. The van der Waals surface area contributed by atoms with Crippen LogP contribution in [0.5, 0.6) is 0 Å². The van der Waals surface area contributed by atoms with Crippen LogP contribution < -0.4 is 5.73 Å². The number of ether oxygens (including phenoxy) is 3. The highest BCUT2D eigenvalue weighted by atomic mass is 35.5. The number of nitrogens with two attached hydrogens (primary N) is 1. The normalized spacial score (nSPS) is 13.9. The zero-order valence-electron chi connectivity index (χ0n) is 10.6. The predicted molar refractivity (Wildman–Crippen MR) is 72.3 cm³/mol. The first-order chi connectivity index (χ1) is 8.95. The number of hydrogen-bond donors (Lipinski definition) is 1. The summed E-state index contributed by atoms with van der Waals surface area (Å²) >= 11 is 11.8. The number of hydrogen-bond acceptors (Lipinski definition) is 4. The van der Waals surface area contributed by atoms with Gasteiger partial charge in [0.1, 0.15) is 19.0 Å². The first-order valence-electron chi connectivity index (χ1n) is 5.47. The summed E-state index contributed by atoms with van der Waals surface area (Å²) in [7, 11) is 1.49. The summed E-state index contributed by atoms with van der Waals surface area (Å²) in [6, 6.07) is 5.01. The second-order valence-electron chi connectivity index (χ2n) is 3.81. The maximum atomic E-state index is 10.8. The number of benzene rings is 1. The Labute approximate surface area is 121 Å². The van der Waals surface area contributed by atoms with Crippen LogP contribution in [-0.4, -0.2) is 26.1 Å². The molecule has 5 nitrogen and oxygen atoms in total. The largest absolute Gasteiger partial charge is 0.444 e. The maximum Gasteiger partial charge on any atom is 0.404 e. The fourth-order valence-corrected chi connectivity index (χ4v) is 1.88. The van der Waals surface area contributed by atoms with Gasteiger partial charge in [-0.25, -0.2) is 4.79 Å². The molecule has 0 heterocycles. The molecule has 1 rings (SSSR count).